The summed E-state index contributed by atoms with van der Waals surface area (Å²) in [5, 5.41) is 0.686. The van der Waals surface area contributed by atoms with Gasteiger partial charge in [-0.1, -0.05) is 66.2 Å². The van der Waals surface area contributed by atoms with Gasteiger partial charge in [0.25, 0.3) is 11.1 Å². The van der Waals surface area contributed by atoms with E-state index in [4.69, 9.17) is 0 Å². The highest BCUT2D eigenvalue weighted by Gasteiger charge is 2.35. The molecule has 0 radical (unpaired) electrons. The number of para-hydroxylation sites is 1. The van der Waals surface area contributed by atoms with Crippen LogP contribution in [0, 0.1) is 19.7 Å². The second kappa shape index (κ2) is 8.95. The monoisotopic (exact) mass is 470 g/mol. The number of rotatable bonds is 5. The number of aryl methyl sites for hydroxylation is 1. The fourth-order valence-electron chi connectivity index (χ4n) is 4.28. The molecular weight excluding hydrogens is 447 g/mol. The summed E-state index contributed by atoms with van der Waals surface area (Å²) >= 11 is 0.961. The van der Waals surface area contributed by atoms with Gasteiger partial charge in [-0.2, -0.15) is 0 Å². The smallest absolute Gasteiger partial charge is 0.293 e. The van der Waals surface area contributed by atoms with E-state index in [0.29, 0.717) is 17.0 Å². The number of fused-ring (bicyclic) bond motifs is 1. The van der Waals surface area contributed by atoms with Crippen LogP contribution in [0.15, 0.2) is 77.7 Å². The van der Waals surface area contributed by atoms with Crippen LogP contribution in [-0.2, 0) is 17.9 Å². The molecule has 4 nitrogen and oxygen atoms in total. The number of halogens is 1. The van der Waals surface area contributed by atoms with E-state index < -0.39 is 0 Å². The van der Waals surface area contributed by atoms with Gasteiger partial charge < -0.3 is 4.57 Å². The summed E-state index contributed by atoms with van der Waals surface area (Å²) in [7, 11) is 0. The predicted molar refractivity (Wildman–Crippen MR) is 135 cm³/mol. The third-order valence-electron chi connectivity index (χ3n) is 6.18. The van der Waals surface area contributed by atoms with E-state index in [9.17, 15) is 14.0 Å². The molecule has 1 aliphatic heterocycles. The molecule has 0 bridgehead atoms. The molecule has 1 aliphatic rings. The van der Waals surface area contributed by atoms with Crippen molar-refractivity contribution in [3.8, 4) is 0 Å². The summed E-state index contributed by atoms with van der Waals surface area (Å²) in [5.74, 6) is -0.542. The number of amides is 2. The van der Waals surface area contributed by atoms with E-state index in [2.05, 4.69) is 4.57 Å². The third-order valence-corrected chi connectivity index (χ3v) is 7.08. The summed E-state index contributed by atoms with van der Waals surface area (Å²) in [6.07, 6.45) is 1.80. The lowest BCUT2D eigenvalue weighted by Gasteiger charge is -2.12. The molecule has 5 rings (SSSR count). The summed E-state index contributed by atoms with van der Waals surface area (Å²) in [4.78, 5) is 27.5. The van der Waals surface area contributed by atoms with Gasteiger partial charge in [0.15, 0.2) is 0 Å². The number of carbonyl (C=O) groups excluding carboxylic acids is 2. The summed E-state index contributed by atoms with van der Waals surface area (Å²) in [5.41, 5.74) is 5.36. The Morgan fingerprint density at radius 1 is 0.882 bits per heavy atom. The second-order valence-electron chi connectivity index (χ2n) is 8.45. The predicted octanol–water partition coefficient (Wildman–Crippen LogP) is 6.68. The van der Waals surface area contributed by atoms with E-state index in [-0.39, 0.29) is 23.5 Å². The molecule has 2 amide bonds. The van der Waals surface area contributed by atoms with Gasteiger partial charge >= 0.3 is 0 Å². The van der Waals surface area contributed by atoms with Crippen LogP contribution in [0.5, 0.6) is 0 Å². The van der Waals surface area contributed by atoms with Gasteiger partial charge in [0.1, 0.15) is 5.82 Å². The molecule has 0 aliphatic carbocycles. The summed E-state index contributed by atoms with van der Waals surface area (Å²) in [6.45, 7) is 4.58. The van der Waals surface area contributed by atoms with Crippen molar-refractivity contribution in [1.29, 1.82) is 0 Å². The van der Waals surface area contributed by atoms with Crippen molar-refractivity contribution >= 4 is 39.9 Å². The first kappa shape index (κ1) is 22.2. The van der Waals surface area contributed by atoms with Crippen molar-refractivity contribution in [3.05, 3.63) is 111 Å². The minimum Gasteiger partial charge on any atom is -0.340 e. The average Bonchev–Trinajstić information content (AvgIpc) is 3.25. The van der Waals surface area contributed by atoms with E-state index in [0.717, 1.165) is 45.0 Å². The van der Waals surface area contributed by atoms with E-state index >= 15 is 0 Å². The number of imide groups is 1. The van der Waals surface area contributed by atoms with Gasteiger partial charge in [-0.05, 0) is 49.4 Å². The molecule has 0 saturated carbocycles. The van der Waals surface area contributed by atoms with Crippen molar-refractivity contribution in [2.24, 2.45) is 0 Å². The fourth-order valence-corrected chi connectivity index (χ4v) is 5.10. The third kappa shape index (κ3) is 4.05. The lowest BCUT2D eigenvalue weighted by atomic mass is 10.1. The summed E-state index contributed by atoms with van der Waals surface area (Å²) < 4.78 is 16.4. The zero-order chi connectivity index (χ0) is 23.8. The minimum absolute atomic E-state index is 0.246. The van der Waals surface area contributed by atoms with Crippen LogP contribution in [0.25, 0.3) is 17.0 Å². The second-order valence-corrected chi connectivity index (χ2v) is 9.44. The number of carbonyl (C=O) groups is 2. The molecule has 0 N–H and O–H groups in total. The molecule has 3 aromatic carbocycles. The zero-order valence-electron chi connectivity index (χ0n) is 18.9. The van der Waals surface area contributed by atoms with Crippen LogP contribution in [0.1, 0.15) is 27.9 Å². The standard InChI is InChI=1S/C28H23FN2O2S/c1-18-11-13-20(14-12-18)16-31-27(32)26(34-28(31)33)15-23-19(2)30(25-10-6-4-8-22(23)25)17-21-7-3-5-9-24(21)29/h3-15H,16-17H2,1-2H3/b26-15-. The van der Waals surface area contributed by atoms with Crippen molar-refractivity contribution < 1.29 is 14.0 Å². The molecule has 0 unspecified atom stereocenters. The Labute approximate surface area is 201 Å². The molecule has 170 valence electrons. The van der Waals surface area contributed by atoms with Crippen molar-refractivity contribution in [2.45, 2.75) is 26.9 Å². The molecule has 1 fully saturated rings. The Balaban J connectivity index is 1.51. The van der Waals surface area contributed by atoms with Gasteiger partial charge in [-0.3, -0.25) is 14.5 Å². The Kier molecular flexibility index (Phi) is 5.84. The van der Waals surface area contributed by atoms with Crippen LogP contribution < -0.4 is 0 Å². The van der Waals surface area contributed by atoms with Crippen molar-refractivity contribution in [3.63, 3.8) is 0 Å². The Bertz CT molecular complexity index is 1450. The van der Waals surface area contributed by atoms with Crippen LogP contribution in [0.4, 0.5) is 9.18 Å². The largest absolute Gasteiger partial charge is 0.340 e. The highest BCUT2D eigenvalue weighted by atomic mass is 32.2. The van der Waals surface area contributed by atoms with Crippen LogP contribution in [0.3, 0.4) is 0 Å². The quantitative estimate of drug-likeness (QED) is 0.306. The highest BCUT2D eigenvalue weighted by molar-refractivity contribution is 8.18. The molecule has 34 heavy (non-hydrogen) atoms. The van der Waals surface area contributed by atoms with E-state index in [1.165, 1.54) is 11.0 Å². The van der Waals surface area contributed by atoms with Gasteiger partial charge in [0.05, 0.1) is 18.0 Å². The minimum atomic E-state index is -0.291. The maximum Gasteiger partial charge on any atom is 0.293 e. The van der Waals surface area contributed by atoms with Gasteiger partial charge in [-0.15, -0.1) is 0 Å². The average molecular weight is 471 g/mol. The van der Waals surface area contributed by atoms with Crippen molar-refractivity contribution in [2.75, 3.05) is 0 Å². The Hall–Kier alpha value is -3.64. The lowest BCUT2D eigenvalue weighted by molar-refractivity contribution is -0.123. The molecule has 0 atom stereocenters. The number of hydrogen-bond donors (Lipinski definition) is 0. The molecule has 0 spiro atoms. The van der Waals surface area contributed by atoms with E-state index in [1.807, 2.05) is 68.4 Å². The van der Waals surface area contributed by atoms with Gasteiger partial charge in [0, 0.05) is 27.7 Å². The first-order chi connectivity index (χ1) is 16.4. The molecule has 1 aromatic heterocycles. The highest BCUT2D eigenvalue weighted by Crippen LogP contribution is 2.36. The first-order valence-corrected chi connectivity index (χ1v) is 11.9. The summed E-state index contributed by atoms with van der Waals surface area (Å²) in [6, 6.07) is 22.4. The number of benzene rings is 3. The SMILES string of the molecule is Cc1ccc(CN2C(=O)S/C(=C\c3c(C)n(Cc4ccccc4F)c4ccccc34)C2=O)cc1. The van der Waals surface area contributed by atoms with Crippen LogP contribution in [-0.4, -0.2) is 20.6 Å². The zero-order valence-corrected chi connectivity index (χ0v) is 19.7. The number of thioether (sulfide) groups is 1. The van der Waals surface area contributed by atoms with Gasteiger partial charge in [0.2, 0.25) is 0 Å². The maximum atomic E-state index is 14.4. The molecule has 2 heterocycles. The number of aromatic nitrogens is 1. The topological polar surface area (TPSA) is 42.3 Å². The lowest BCUT2D eigenvalue weighted by Crippen LogP contribution is -2.27. The van der Waals surface area contributed by atoms with Gasteiger partial charge in [-0.25, -0.2) is 4.39 Å². The first-order valence-electron chi connectivity index (χ1n) is 11.0. The van der Waals surface area contributed by atoms with Crippen LogP contribution >= 0.6 is 11.8 Å². The van der Waals surface area contributed by atoms with Crippen LogP contribution in [0.2, 0.25) is 0 Å². The van der Waals surface area contributed by atoms with Crippen molar-refractivity contribution in [1.82, 2.24) is 9.47 Å². The molecular formula is C28H23FN2O2S. The fraction of sp³-hybridized carbons (Fsp3) is 0.143. The molecule has 6 heteroatoms. The number of hydrogen-bond acceptors (Lipinski definition) is 3. The number of nitrogens with zero attached hydrogens (tertiary/aromatic N) is 2. The Morgan fingerprint density at radius 2 is 1.59 bits per heavy atom. The molecule has 4 aromatic rings. The maximum absolute atomic E-state index is 14.4. The Morgan fingerprint density at radius 3 is 2.35 bits per heavy atom. The molecule has 1 saturated heterocycles. The normalized spacial score (nSPS) is 15.1. The van der Waals surface area contributed by atoms with E-state index in [1.54, 1.807) is 18.2 Å².